The van der Waals surface area contributed by atoms with Crippen LogP contribution in [0.15, 0.2) is 0 Å². The van der Waals surface area contributed by atoms with Gasteiger partial charge < -0.3 is 19.9 Å². The van der Waals surface area contributed by atoms with Gasteiger partial charge in [-0.1, -0.05) is 0 Å². The lowest BCUT2D eigenvalue weighted by Gasteiger charge is -2.15. The van der Waals surface area contributed by atoms with Gasteiger partial charge in [-0.25, -0.2) is 0 Å². The molecule has 0 aliphatic heterocycles. The van der Waals surface area contributed by atoms with Crippen LogP contribution in [0.5, 0.6) is 0 Å². The topological polar surface area (TPSA) is 50.7 Å². The maximum Gasteiger partial charge on any atom is 0.0897 e. The van der Waals surface area contributed by atoms with Crippen LogP contribution in [0.3, 0.4) is 0 Å². The van der Waals surface area contributed by atoms with Crippen LogP contribution in [0.25, 0.3) is 0 Å². The van der Waals surface area contributed by atoms with Crippen LogP contribution in [-0.4, -0.2) is 50.2 Å². The van der Waals surface area contributed by atoms with Gasteiger partial charge in [0.05, 0.1) is 18.8 Å². The van der Waals surface area contributed by atoms with E-state index in [1.807, 2.05) is 20.8 Å². The third-order valence-electron chi connectivity index (χ3n) is 1.78. The van der Waals surface area contributed by atoms with Crippen molar-refractivity contribution in [3.05, 3.63) is 0 Å². The second-order valence-electron chi connectivity index (χ2n) is 3.24. The monoisotopic (exact) mass is 205 g/mol. The summed E-state index contributed by atoms with van der Waals surface area (Å²) in [6.45, 7) is 8.97. The first-order chi connectivity index (χ1) is 6.70. The first kappa shape index (κ1) is 13.8. The van der Waals surface area contributed by atoms with Crippen LogP contribution in [0.1, 0.15) is 20.8 Å². The zero-order chi connectivity index (χ0) is 10.8. The smallest absolute Gasteiger partial charge is 0.0897 e. The Morgan fingerprint density at radius 2 is 1.93 bits per heavy atom. The predicted octanol–water partition coefficient (Wildman–Crippen LogP) is 0.398. The molecule has 0 aromatic heterocycles. The summed E-state index contributed by atoms with van der Waals surface area (Å²) in [7, 11) is 0. The molecule has 4 heteroatoms. The van der Waals surface area contributed by atoms with E-state index < -0.39 is 6.10 Å². The quantitative estimate of drug-likeness (QED) is 0.572. The van der Waals surface area contributed by atoms with Gasteiger partial charge in [-0.3, -0.25) is 0 Å². The van der Waals surface area contributed by atoms with Gasteiger partial charge in [0.25, 0.3) is 0 Å². The molecule has 2 N–H and O–H groups in total. The highest BCUT2D eigenvalue weighted by molar-refractivity contribution is 4.61. The number of ether oxygens (including phenoxy) is 2. The lowest BCUT2D eigenvalue weighted by atomic mass is 10.3. The van der Waals surface area contributed by atoms with Crippen molar-refractivity contribution in [2.75, 3.05) is 32.9 Å². The third-order valence-corrected chi connectivity index (χ3v) is 1.78. The summed E-state index contributed by atoms with van der Waals surface area (Å²) >= 11 is 0. The minimum atomic E-state index is -0.427. The molecule has 0 fully saturated rings. The van der Waals surface area contributed by atoms with Crippen molar-refractivity contribution in [2.45, 2.75) is 33.0 Å². The van der Waals surface area contributed by atoms with Crippen LogP contribution < -0.4 is 5.32 Å². The molecule has 0 aromatic carbocycles. The van der Waals surface area contributed by atoms with Crippen LogP contribution in [-0.2, 0) is 9.47 Å². The number of aliphatic hydroxyl groups excluding tert-OH is 1. The summed E-state index contributed by atoms with van der Waals surface area (Å²) in [6.07, 6.45) is -0.233. The van der Waals surface area contributed by atoms with Gasteiger partial charge >= 0.3 is 0 Å². The zero-order valence-corrected chi connectivity index (χ0v) is 9.45. The minimum Gasteiger partial charge on any atom is -0.389 e. The van der Waals surface area contributed by atoms with Gasteiger partial charge in [0.15, 0.2) is 0 Å². The third kappa shape index (κ3) is 8.44. The molecule has 86 valence electrons. The maximum atomic E-state index is 9.39. The molecule has 0 aliphatic rings. The molecule has 0 saturated carbocycles. The normalized spacial score (nSPS) is 15.4. The van der Waals surface area contributed by atoms with Crippen molar-refractivity contribution >= 4 is 0 Å². The standard InChI is InChI=1S/C10H23NO3/c1-4-13-8-10(12)7-11-6-9(3)14-5-2/h9-12H,4-8H2,1-3H3. The number of nitrogens with one attached hydrogen (secondary N) is 1. The highest BCUT2D eigenvalue weighted by Crippen LogP contribution is 1.88. The summed E-state index contributed by atoms with van der Waals surface area (Å²) in [4.78, 5) is 0. The number of rotatable bonds is 9. The van der Waals surface area contributed by atoms with Crippen LogP contribution >= 0.6 is 0 Å². The van der Waals surface area contributed by atoms with Crippen LogP contribution in [0, 0.1) is 0 Å². The summed E-state index contributed by atoms with van der Waals surface area (Å²) < 4.78 is 10.4. The first-order valence-electron chi connectivity index (χ1n) is 5.28. The Kier molecular flexibility index (Phi) is 9.29. The van der Waals surface area contributed by atoms with E-state index in [4.69, 9.17) is 9.47 Å². The fourth-order valence-corrected chi connectivity index (χ4v) is 1.11. The van der Waals surface area contributed by atoms with Gasteiger partial charge in [0.1, 0.15) is 0 Å². The molecular formula is C10H23NO3. The van der Waals surface area contributed by atoms with Crippen LogP contribution in [0.4, 0.5) is 0 Å². The molecule has 0 radical (unpaired) electrons. The fourth-order valence-electron chi connectivity index (χ4n) is 1.11. The lowest BCUT2D eigenvalue weighted by Crippen LogP contribution is -2.35. The Labute approximate surface area is 86.6 Å². The Hall–Kier alpha value is -0.160. The highest BCUT2D eigenvalue weighted by atomic mass is 16.5. The van der Waals surface area contributed by atoms with Gasteiger partial charge in [0.2, 0.25) is 0 Å². The minimum absolute atomic E-state index is 0.194. The average molecular weight is 205 g/mol. The lowest BCUT2D eigenvalue weighted by molar-refractivity contribution is 0.0369. The van der Waals surface area contributed by atoms with E-state index in [2.05, 4.69) is 5.32 Å². The zero-order valence-electron chi connectivity index (χ0n) is 9.45. The molecule has 0 bridgehead atoms. The summed E-state index contributed by atoms with van der Waals surface area (Å²) in [5, 5.41) is 12.5. The van der Waals surface area contributed by atoms with Gasteiger partial charge in [-0.15, -0.1) is 0 Å². The molecule has 0 saturated heterocycles. The van der Waals surface area contributed by atoms with E-state index in [1.165, 1.54) is 0 Å². The predicted molar refractivity (Wildman–Crippen MR) is 56.5 cm³/mol. The van der Waals surface area contributed by atoms with Crippen molar-refractivity contribution < 1.29 is 14.6 Å². The van der Waals surface area contributed by atoms with Crippen molar-refractivity contribution in [1.82, 2.24) is 5.32 Å². The summed E-state index contributed by atoms with van der Waals surface area (Å²) in [5.74, 6) is 0. The van der Waals surface area contributed by atoms with E-state index in [0.717, 1.165) is 13.2 Å². The Bertz CT molecular complexity index is 122. The van der Waals surface area contributed by atoms with E-state index in [-0.39, 0.29) is 6.10 Å². The van der Waals surface area contributed by atoms with E-state index in [9.17, 15) is 5.11 Å². The van der Waals surface area contributed by atoms with Gasteiger partial charge in [-0.05, 0) is 20.8 Å². The van der Waals surface area contributed by atoms with Gasteiger partial charge in [-0.2, -0.15) is 0 Å². The van der Waals surface area contributed by atoms with Crippen molar-refractivity contribution in [2.24, 2.45) is 0 Å². The number of aliphatic hydroxyl groups is 1. The van der Waals surface area contributed by atoms with Gasteiger partial charge in [0, 0.05) is 26.3 Å². The molecule has 0 spiro atoms. The highest BCUT2D eigenvalue weighted by Gasteiger charge is 2.04. The SMILES string of the molecule is CCOCC(O)CNCC(C)OCC. The van der Waals surface area contributed by atoms with Crippen molar-refractivity contribution in [3.8, 4) is 0 Å². The van der Waals surface area contributed by atoms with Crippen LogP contribution in [0.2, 0.25) is 0 Å². The van der Waals surface area contributed by atoms with E-state index >= 15 is 0 Å². The molecular weight excluding hydrogens is 182 g/mol. The first-order valence-corrected chi connectivity index (χ1v) is 5.28. The second kappa shape index (κ2) is 9.40. The number of hydrogen-bond acceptors (Lipinski definition) is 4. The summed E-state index contributed by atoms with van der Waals surface area (Å²) in [5.41, 5.74) is 0. The molecule has 0 aromatic rings. The molecule has 0 heterocycles. The summed E-state index contributed by atoms with van der Waals surface area (Å²) in [6, 6.07) is 0. The Morgan fingerprint density at radius 3 is 2.50 bits per heavy atom. The van der Waals surface area contributed by atoms with Crippen molar-refractivity contribution in [1.29, 1.82) is 0 Å². The molecule has 2 unspecified atom stereocenters. The molecule has 0 rings (SSSR count). The average Bonchev–Trinajstić information content (AvgIpc) is 2.15. The fraction of sp³-hybridized carbons (Fsp3) is 1.00. The molecule has 0 amide bonds. The Balaban J connectivity index is 3.25. The molecule has 0 aliphatic carbocycles. The molecule has 14 heavy (non-hydrogen) atoms. The Morgan fingerprint density at radius 1 is 1.21 bits per heavy atom. The van der Waals surface area contributed by atoms with E-state index in [1.54, 1.807) is 0 Å². The maximum absolute atomic E-state index is 9.39. The van der Waals surface area contributed by atoms with Crippen molar-refractivity contribution in [3.63, 3.8) is 0 Å². The second-order valence-corrected chi connectivity index (χ2v) is 3.24. The molecule has 2 atom stereocenters. The number of hydrogen-bond donors (Lipinski definition) is 2. The molecule has 4 nitrogen and oxygen atoms in total. The largest absolute Gasteiger partial charge is 0.389 e. The van der Waals surface area contributed by atoms with E-state index in [0.29, 0.717) is 19.8 Å².